The van der Waals surface area contributed by atoms with Gasteiger partial charge >= 0.3 is 0 Å². The lowest BCUT2D eigenvalue weighted by atomic mass is 10.2. The fourth-order valence-corrected chi connectivity index (χ4v) is 2.95. The Hall–Kier alpha value is -1.42. The first-order chi connectivity index (χ1) is 9.72. The van der Waals surface area contributed by atoms with Crippen molar-refractivity contribution in [1.82, 2.24) is 0 Å². The Kier molecular flexibility index (Phi) is 4.01. The third-order valence-corrected chi connectivity index (χ3v) is 4.17. The minimum Gasteiger partial charge on any atom is -0.452 e. The van der Waals surface area contributed by atoms with Crippen LogP contribution < -0.4 is 10.2 Å². The molecule has 3 nitrogen and oxygen atoms in total. The summed E-state index contributed by atoms with van der Waals surface area (Å²) in [5.41, 5.74) is 2.44. The predicted molar refractivity (Wildman–Crippen MR) is 86.3 cm³/mol. The molecule has 1 aromatic heterocycles. The monoisotopic (exact) mass is 334 g/mol. The molecule has 106 valence electrons. The molecule has 1 aromatic carbocycles. The summed E-state index contributed by atoms with van der Waals surface area (Å²) in [6.07, 6.45) is 2.62. The van der Waals surface area contributed by atoms with Crippen LogP contribution in [0.3, 0.4) is 0 Å². The van der Waals surface area contributed by atoms with Crippen LogP contribution in [0.5, 0.6) is 0 Å². The topological polar surface area (TPSA) is 28.4 Å². The molecule has 1 saturated heterocycles. The SMILES string of the molecule is CC(Nc1ccc(N2CCCC2)cc1)c1ccc(Br)o1. The zero-order chi connectivity index (χ0) is 13.9. The minimum absolute atomic E-state index is 0.152. The van der Waals surface area contributed by atoms with Crippen LogP contribution in [0.15, 0.2) is 45.5 Å². The van der Waals surface area contributed by atoms with Gasteiger partial charge in [-0.25, -0.2) is 0 Å². The molecule has 0 spiro atoms. The largest absolute Gasteiger partial charge is 0.452 e. The predicted octanol–water partition coefficient (Wildman–Crippen LogP) is 4.82. The fourth-order valence-electron chi connectivity index (χ4n) is 2.63. The number of hydrogen-bond donors (Lipinski definition) is 1. The number of nitrogens with zero attached hydrogens (tertiary/aromatic N) is 1. The number of halogens is 1. The van der Waals surface area contributed by atoms with E-state index in [9.17, 15) is 0 Å². The minimum atomic E-state index is 0.152. The summed E-state index contributed by atoms with van der Waals surface area (Å²) in [7, 11) is 0. The van der Waals surface area contributed by atoms with Gasteiger partial charge in [0, 0.05) is 24.5 Å². The number of furan rings is 1. The van der Waals surface area contributed by atoms with Gasteiger partial charge in [-0.2, -0.15) is 0 Å². The molecule has 0 saturated carbocycles. The molecule has 0 aliphatic carbocycles. The van der Waals surface area contributed by atoms with E-state index in [-0.39, 0.29) is 6.04 Å². The Labute approximate surface area is 128 Å². The van der Waals surface area contributed by atoms with E-state index in [0.29, 0.717) is 0 Å². The third-order valence-electron chi connectivity index (χ3n) is 3.74. The van der Waals surface area contributed by atoms with E-state index in [1.54, 1.807) is 0 Å². The maximum absolute atomic E-state index is 5.57. The molecule has 1 aliphatic heterocycles. The molecule has 2 heterocycles. The van der Waals surface area contributed by atoms with Crippen molar-refractivity contribution in [2.24, 2.45) is 0 Å². The number of anilines is 2. The molecule has 0 amide bonds. The van der Waals surface area contributed by atoms with Gasteiger partial charge in [0.2, 0.25) is 0 Å². The van der Waals surface area contributed by atoms with Crippen molar-refractivity contribution in [1.29, 1.82) is 0 Å². The first kappa shape index (κ1) is 13.6. The molecule has 0 bridgehead atoms. The van der Waals surface area contributed by atoms with Gasteiger partial charge < -0.3 is 14.6 Å². The van der Waals surface area contributed by atoms with Gasteiger partial charge in [-0.15, -0.1) is 0 Å². The highest BCUT2D eigenvalue weighted by Gasteiger charge is 2.13. The molecule has 0 radical (unpaired) electrons. The van der Waals surface area contributed by atoms with Crippen molar-refractivity contribution in [3.05, 3.63) is 46.8 Å². The van der Waals surface area contributed by atoms with Crippen LogP contribution in [-0.2, 0) is 0 Å². The molecule has 1 unspecified atom stereocenters. The van der Waals surface area contributed by atoms with E-state index in [1.807, 2.05) is 12.1 Å². The van der Waals surface area contributed by atoms with E-state index >= 15 is 0 Å². The van der Waals surface area contributed by atoms with Crippen LogP contribution in [0.1, 0.15) is 31.6 Å². The van der Waals surface area contributed by atoms with Crippen LogP contribution >= 0.6 is 15.9 Å². The molecular formula is C16H19BrN2O. The van der Waals surface area contributed by atoms with Crippen LogP contribution in [0.2, 0.25) is 0 Å². The average molecular weight is 335 g/mol. The Balaban J connectivity index is 1.65. The molecule has 4 heteroatoms. The summed E-state index contributed by atoms with van der Waals surface area (Å²) < 4.78 is 6.34. The zero-order valence-corrected chi connectivity index (χ0v) is 13.2. The zero-order valence-electron chi connectivity index (χ0n) is 11.6. The molecule has 20 heavy (non-hydrogen) atoms. The van der Waals surface area contributed by atoms with Crippen molar-refractivity contribution in [3.8, 4) is 0 Å². The summed E-state index contributed by atoms with van der Waals surface area (Å²) in [5, 5.41) is 3.46. The second-order valence-corrected chi connectivity index (χ2v) is 6.03. The second-order valence-electron chi connectivity index (χ2n) is 5.25. The van der Waals surface area contributed by atoms with Gasteiger partial charge in [0.25, 0.3) is 0 Å². The number of benzene rings is 1. The smallest absolute Gasteiger partial charge is 0.169 e. The van der Waals surface area contributed by atoms with Gasteiger partial charge in [-0.3, -0.25) is 0 Å². The first-order valence-electron chi connectivity index (χ1n) is 7.09. The van der Waals surface area contributed by atoms with Gasteiger partial charge in [-0.05, 0) is 72.1 Å². The van der Waals surface area contributed by atoms with Gasteiger partial charge in [-0.1, -0.05) is 0 Å². The number of hydrogen-bond acceptors (Lipinski definition) is 3. The highest BCUT2D eigenvalue weighted by atomic mass is 79.9. The molecule has 1 atom stereocenters. The standard InChI is InChI=1S/C16H19BrN2O/c1-12(15-8-9-16(17)20-15)18-13-4-6-14(7-5-13)19-10-2-3-11-19/h4-9,12,18H,2-3,10-11H2,1H3. The van der Waals surface area contributed by atoms with Crippen LogP contribution in [0.25, 0.3) is 0 Å². The fraction of sp³-hybridized carbons (Fsp3) is 0.375. The normalized spacial score (nSPS) is 16.4. The number of nitrogens with one attached hydrogen (secondary N) is 1. The quantitative estimate of drug-likeness (QED) is 0.869. The van der Waals surface area contributed by atoms with Crippen molar-refractivity contribution >= 4 is 27.3 Å². The van der Waals surface area contributed by atoms with E-state index in [4.69, 9.17) is 4.42 Å². The van der Waals surface area contributed by atoms with E-state index < -0.39 is 0 Å². The lowest BCUT2D eigenvalue weighted by Crippen LogP contribution is -2.17. The van der Waals surface area contributed by atoms with Gasteiger partial charge in [0.1, 0.15) is 5.76 Å². The highest BCUT2D eigenvalue weighted by molar-refractivity contribution is 9.10. The second kappa shape index (κ2) is 5.92. The van der Waals surface area contributed by atoms with E-state index in [0.717, 1.165) is 16.1 Å². The first-order valence-corrected chi connectivity index (χ1v) is 7.88. The van der Waals surface area contributed by atoms with Crippen LogP contribution in [0.4, 0.5) is 11.4 Å². The Bertz CT molecular complexity index is 558. The Morgan fingerprint density at radius 2 is 1.80 bits per heavy atom. The Morgan fingerprint density at radius 3 is 2.40 bits per heavy atom. The van der Waals surface area contributed by atoms with Gasteiger partial charge in [0.15, 0.2) is 4.67 Å². The summed E-state index contributed by atoms with van der Waals surface area (Å²) in [6, 6.07) is 12.7. The Morgan fingerprint density at radius 1 is 1.10 bits per heavy atom. The summed E-state index contributed by atoms with van der Waals surface area (Å²) in [4.78, 5) is 2.44. The molecule has 2 aromatic rings. The van der Waals surface area contributed by atoms with E-state index in [2.05, 4.69) is 57.3 Å². The summed E-state index contributed by atoms with van der Waals surface area (Å²) in [5.74, 6) is 0.931. The maximum Gasteiger partial charge on any atom is 0.169 e. The summed E-state index contributed by atoms with van der Waals surface area (Å²) in [6.45, 7) is 4.47. The number of rotatable bonds is 4. The van der Waals surface area contributed by atoms with E-state index in [1.165, 1.54) is 31.6 Å². The molecule has 1 fully saturated rings. The van der Waals surface area contributed by atoms with Crippen molar-refractivity contribution in [2.45, 2.75) is 25.8 Å². The molecule has 1 N–H and O–H groups in total. The summed E-state index contributed by atoms with van der Waals surface area (Å²) >= 11 is 3.33. The molecule has 3 rings (SSSR count). The highest BCUT2D eigenvalue weighted by Crippen LogP contribution is 2.26. The van der Waals surface area contributed by atoms with Crippen molar-refractivity contribution in [2.75, 3.05) is 23.3 Å². The van der Waals surface area contributed by atoms with Crippen LogP contribution in [0, 0.1) is 0 Å². The lowest BCUT2D eigenvalue weighted by Gasteiger charge is -2.19. The van der Waals surface area contributed by atoms with Crippen molar-refractivity contribution < 1.29 is 4.42 Å². The average Bonchev–Trinajstić information content (AvgIpc) is 3.10. The van der Waals surface area contributed by atoms with Crippen LogP contribution in [-0.4, -0.2) is 13.1 Å². The van der Waals surface area contributed by atoms with Crippen molar-refractivity contribution in [3.63, 3.8) is 0 Å². The molecular weight excluding hydrogens is 316 g/mol. The maximum atomic E-state index is 5.57. The van der Waals surface area contributed by atoms with Gasteiger partial charge in [0.05, 0.1) is 6.04 Å². The lowest BCUT2D eigenvalue weighted by molar-refractivity contribution is 0.471. The third kappa shape index (κ3) is 3.01. The molecule has 1 aliphatic rings.